The highest BCUT2D eigenvalue weighted by Crippen LogP contribution is 2.32. The molecule has 0 saturated heterocycles. The van der Waals surface area contributed by atoms with Gasteiger partial charge in [0, 0.05) is 22.7 Å². The topological polar surface area (TPSA) is 39.2 Å². The van der Waals surface area contributed by atoms with E-state index in [-0.39, 0.29) is 0 Å². The van der Waals surface area contributed by atoms with Crippen molar-refractivity contribution in [1.82, 2.24) is 4.98 Å². The lowest BCUT2D eigenvalue weighted by atomic mass is 10.0. The van der Waals surface area contributed by atoms with Crippen molar-refractivity contribution in [2.75, 3.05) is 7.11 Å². The van der Waals surface area contributed by atoms with E-state index in [1.165, 1.54) is 0 Å². The van der Waals surface area contributed by atoms with Gasteiger partial charge >= 0.3 is 0 Å². The molecule has 98 valence electrons. The molecule has 0 radical (unpaired) electrons. The van der Waals surface area contributed by atoms with E-state index >= 15 is 0 Å². The number of aromatic nitrogens is 1. The van der Waals surface area contributed by atoms with Crippen LogP contribution in [0, 0.1) is 0 Å². The minimum Gasteiger partial charge on any atom is -0.496 e. The number of benzene rings is 2. The minimum atomic E-state index is 0.632. The van der Waals surface area contributed by atoms with Crippen molar-refractivity contribution in [2.45, 2.75) is 0 Å². The van der Waals surface area contributed by atoms with Gasteiger partial charge in [0.2, 0.25) is 0 Å². The van der Waals surface area contributed by atoms with Crippen molar-refractivity contribution in [1.29, 1.82) is 0 Å². The summed E-state index contributed by atoms with van der Waals surface area (Å²) in [5.41, 5.74) is 3.49. The molecule has 3 heteroatoms. The highest BCUT2D eigenvalue weighted by atomic mass is 16.5. The van der Waals surface area contributed by atoms with E-state index in [1.54, 1.807) is 19.4 Å². The number of hydrogen-bond donors (Lipinski definition) is 0. The zero-order valence-electron chi connectivity index (χ0n) is 11.0. The van der Waals surface area contributed by atoms with E-state index < -0.39 is 0 Å². The molecular formula is C17H13NO2. The van der Waals surface area contributed by atoms with E-state index in [0.29, 0.717) is 5.56 Å². The normalized spacial score (nSPS) is 10.4. The highest BCUT2D eigenvalue weighted by molar-refractivity contribution is 5.87. The summed E-state index contributed by atoms with van der Waals surface area (Å²) in [5, 5.41) is 1.06. The van der Waals surface area contributed by atoms with E-state index in [4.69, 9.17) is 4.74 Å². The third-order valence-corrected chi connectivity index (χ3v) is 3.27. The molecule has 3 nitrogen and oxygen atoms in total. The van der Waals surface area contributed by atoms with Crippen LogP contribution in [-0.2, 0) is 0 Å². The van der Waals surface area contributed by atoms with Gasteiger partial charge < -0.3 is 4.74 Å². The number of methoxy groups -OCH3 is 1. The van der Waals surface area contributed by atoms with Crippen molar-refractivity contribution < 1.29 is 9.53 Å². The zero-order chi connectivity index (χ0) is 13.9. The lowest BCUT2D eigenvalue weighted by molar-refractivity contribution is 0.112. The molecule has 0 N–H and O–H groups in total. The Labute approximate surface area is 116 Å². The van der Waals surface area contributed by atoms with Crippen LogP contribution in [0.4, 0.5) is 0 Å². The third kappa shape index (κ3) is 2.14. The SMILES string of the molecule is COc1ccc(C=O)cc1-c1ccc2ncccc2c1. The lowest BCUT2D eigenvalue weighted by Crippen LogP contribution is -1.90. The number of carbonyl (C=O) groups excluding carboxylic acids is 1. The van der Waals surface area contributed by atoms with Crippen LogP contribution in [0.1, 0.15) is 10.4 Å². The molecule has 0 atom stereocenters. The van der Waals surface area contributed by atoms with Gasteiger partial charge in [-0.1, -0.05) is 12.1 Å². The number of aldehydes is 1. The van der Waals surface area contributed by atoms with E-state index in [0.717, 1.165) is 34.1 Å². The van der Waals surface area contributed by atoms with Crippen LogP contribution in [-0.4, -0.2) is 18.4 Å². The van der Waals surface area contributed by atoms with Crippen molar-refractivity contribution in [3.05, 3.63) is 60.3 Å². The molecule has 3 aromatic rings. The Morgan fingerprint density at radius 2 is 2.00 bits per heavy atom. The van der Waals surface area contributed by atoms with Crippen molar-refractivity contribution in [3.63, 3.8) is 0 Å². The van der Waals surface area contributed by atoms with E-state index in [9.17, 15) is 4.79 Å². The smallest absolute Gasteiger partial charge is 0.150 e. The molecule has 0 saturated carbocycles. The van der Waals surface area contributed by atoms with Crippen LogP contribution in [0.25, 0.3) is 22.0 Å². The average Bonchev–Trinajstić information content (AvgIpc) is 2.53. The first-order valence-electron chi connectivity index (χ1n) is 6.30. The Morgan fingerprint density at radius 3 is 2.80 bits per heavy atom. The summed E-state index contributed by atoms with van der Waals surface area (Å²) in [4.78, 5) is 15.3. The van der Waals surface area contributed by atoms with Gasteiger partial charge in [-0.15, -0.1) is 0 Å². The van der Waals surface area contributed by atoms with Crippen LogP contribution < -0.4 is 4.74 Å². The Balaban J connectivity index is 2.21. The van der Waals surface area contributed by atoms with Gasteiger partial charge in [0.15, 0.2) is 0 Å². The number of ether oxygens (including phenoxy) is 1. The summed E-state index contributed by atoms with van der Waals surface area (Å²) in [6, 6.07) is 15.3. The Morgan fingerprint density at radius 1 is 1.10 bits per heavy atom. The summed E-state index contributed by atoms with van der Waals surface area (Å²) in [6.45, 7) is 0. The van der Waals surface area contributed by atoms with Gasteiger partial charge in [0.1, 0.15) is 12.0 Å². The summed E-state index contributed by atoms with van der Waals surface area (Å²) in [5.74, 6) is 0.749. The maximum absolute atomic E-state index is 11.0. The maximum Gasteiger partial charge on any atom is 0.150 e. The summed E-state index contributed by atoms with van der Waals surface area (Å²) in [6.07, 6.45) is 2.61. The third-order valence-electron chi connectivity index (χ3n) is 3.27. The quantitative estimate of drug-likeness (QED) is 0.676. The molecule has 2 aromatic carbocycles. The molecular weight excluding hydrogens is 250 g/mol. The number of fused-ring (bicyclic) bond motifs is 1. The molecule has 0 fully saturated rings. The van der Waals surface area contributed by atoms with E-state index in [2.05, 4.69) is 11.1 Å². The first kappa shape index (κ1) is 12.4. The molecule has 0 spiro atoms. The highest BCUT2D eigenvalue weighted by Gasteiger charge is 2.08. The van der Waals surface area contributed by atoms with Gasteiger partial charge in [0.25, 0.3) is 0 Å². The fourth-order valence-electron chi connectivity index (χ4n) is 2.27. The van der Waals surface area contributed by atoms with Crippen LogP contribution in [0.5, 0.6) is 5.75 Å². The number of nitrogens with zero attached hydrogens (tertiary/aromatic N) is 1. The summed E-state index contributed by atoms with van der Waals surface area (Å²) >= 11 is 0. The molecule has 0 unspecified atom stereocenters. The van der Waals surface area contributed by atoms with E-state index in [1.807, 2.05) is 36.4 Å². The average molecular weight is 263 g/mol. The van der Waals surface area contributed by atoms with Crippen LogP contribution in [0.3, 0.4) is 0 Å². The van der Waals surface area contributed by atoms with Gasteiger partial charge in [-0.05, 0) is 42.0 Å². The van der Waals surface area contributed by atoms with Crippen molar-refractivity contribution >= 4 is 17.2 Å². The van der Waals surface area contributed by atoms with Crippen LogP contribution in [0.15, 0.2) is 54.7 Å². The van der Waals surface area contributed by atoms with Crippen LogP contribution in [0.2, 0.25) is 0 Å². The first-order chi connectivity index (χ1) is 9.81. The zero-order valence-corrected chi connectivity index (χ0v) is 11.0. The lowest BCUT2D eigenvalue weighted by Gasteiger charge is -2.10. The number of carbonyl (C=O) groups is 1. The van der Waals surface area contributed by atoms with Gasteiger partial charge in [-0.2, -0.15) is 0 Å². The minimum absolute atomic E-state index is 0.632. The molecule has 0 aliphatic carbocycles. The number of hydrogen-bond acceptors (Lipinski definition) is 3. The van der Waals surface area contributed by atoms with Crippen molar-refractivity contribution in [3.8, 4) is 16.9 Å². The van der Waals surface area contributed by atoms with Gasteiger partial charge in [0.05, 0.1) is 12.6 Å². The fraction of sp³-hybridized carbons (Fsp3) is 0.0588. The molecule has 0 bridgehead atoms. The number of pyridine rings is 1. The second kappa shape index (κ2) is 5.13. The second-order valence-corrected chi connectivity index (χ2v) is 4.49. The Kier molecular flexibility index (Phi) is 3.17. The first-order valence-corrected chi connectivity index (χ1v) is 6.30. The second-order valence-electron chi connectivity index (χ2n) is 4.49. The molecule has 1 heterocycles. The Hall–Kier alpha value is -2.68. The monoisotopic (exact) mass is 263 g/mol. The summed E-state index contributed by atoms with van der Waals surface area (Å²) < 4.78 is 5.38. The largest absolute Gasteiger partial charge is 0.496 e. The molecule has 20 heavy (non-hydrogen) atoms. The fourth-order valence-corrected chi connectivity index (χ4v) is 2.27. The summed E-state index contributed by atoms with van der Waals surface area (Å²) in [7, 11) is 1.63. The van der Waals surface area contributed by atoms with Gasteiger partial charge in [-0.3, -0.25) is 9.78 Å². The molecule has 1 aromatic heterocycles. The number of rotatable bonds is 3. The molecule has 3 rings (SSSR count). The van der Waals surface area contributed by atoms with Crippen molar-refractivity contribution in [2.24, 2.45) is 0 Å². The standard InChI is InChI=1S/C17H13NO2/c1-20-17-7-4-12(11-19)9-15(17)13-5-6-16-14(10-13)3-2-8-18-16/h2-11H,1H3. The molecule has 0 aliphatic rings. The van der Waals surface area contributed by atoms with Crippen LogP contribution >= 0.6 is 0 Å². The predicted octanol–water partition coefficient (Wildman–Crippen LogP) is 3.72. The predicted molar refractivity (Wildman–Crippen MR) is 79.1 cm³/mol. The molecule has 0 amide bonds. The molecule has 0 aliphatic heterocycles. The maximum atomic E-state index is 11.0. The Bertz CT molecular complexity index is 781. The van der Waals surface area contributed by atoms with Gasteiger partial charge in [-0.25, -0.2) is 0 Å².